The molecule has 0 saturated carbocycles. The zero-order valence-corrected chi connectivity index (χ0v) is 9.19. The average Bonchev–Trinajstić information content (AvgIpc) is 2.12. The predicted octanol–water partition coefficient (Wildman–Crippen LogP) is 3.13. The molecule has 0 saturated heterocycles. The second kappa shape index (κ2) is 5.17. The molecule has 76 valence electrons. The van der Waals surface area contributed by atoms with Gasteiger partial charge in [-0.3, -0.25) is 9.78 Å². The van der Waals surface area contributed by atoms with Crippen molar-refractivity contribution in [3.8, 4) is 0 Å². The number of amides is 1. The molecule has 0 spiro atoms. The van der Waals surface area contributed by atoms with Crippen LogP contribution in [0.3, 0.4) is 0 Å². The Morgan fingerprint density at radius 1 is 1.43 bits per heavy atom. The molecule has 14 heavy (non-hydrogen) atoms. The van der Waals surface area contributed by atoms with Crippen LogP contribution < -0.4 is 5.32 Å². The highest BCUT2D eigenvalue weighted by molar-refractivity contribution is 6.39. The quantitative estimate of drug-likeness (QED) is 0.871. The molecule has 1 N–H and O–H groups in total. The minimum absolute atomic E-state index is 0.0949. The fraction of sp³-hybridized carbons (Fsp3) is 0.333. The number of aromatic nitrogens is 1. The lowest BCUT2D eigenvalue weighted by molar-refractivity contribution is -0.116. The summed E-state index contributed by atoms with van der Waals surface area (Å²) in [5.41, 5.74) is 0.432. The number of rotatable bonds is 3. The van der Waals surface area contributed by atoms with E-state index >= 15 is 0 Å². The summed E-state index contributed by atoms with van der Waals surface area (Å²) >= 11 is 11.6. The van der Waals surface area contributed by atoms with Gasteiger partial charge in [0.2, 0.25) is 5.91 Å². The van der Waals surface area contributed by atoms with Gasteiger partial charge in [0.05, 0.1) is 15.7 Å². The second-order valence-corrected chi connectivity index (χ2v) is 3.59. The highest BCUT2D eigenvalue weighted by Gasteiger charge is 2.08. The Kier molecular flexibility index (Phi) is 4.17. The molecule has 1 aromatic heterocycles. The summed E-state index contributed by atoms with van der Waals surface area (Å²) < 4.78 is 0. The van der Waals surface area contributed by atoms with Crippen LogP contribution in [0.25, 0.3) is 0 Å². The Hall–Kier alpha value is -0.800. The van der Waals surface area contributed by atoms with E-state index in [1.54, 1.807) is 0 Å². The number of hydrogen-bond acceptors (Lipinski definition) is 2. The molecule has 0 unspecified atom stereocenters. The number of carbonyl (C=O) groups excluding carboxylic acids is 1. The van der Waals surface area contributed by atoms with E-state index < -0.39 is 0 Å². The van der Waals surface area contributed by atoms with Gasteiger partial charge in [-0.1, -0.05) is 30.1 Å². The SMILES string of the molecule is CCCC(=O)Nc1c(Cl)cncc1Cl. The Balaban J connectivity index is 2.80. The second-order valence-electron chi connectivity index (χ2n) is 2.78. The van der Waals surface area contributed by atoms with Gasteiger partial charge in [0, 0.05) is 18.8 Å². The summed E-state index contributed by atoms with van der Waals surface area (Å²) in [6.45, 7) is 1.93. The molecule has 1 amide bonds. The Labute approximate surface area is 92.4 Å². The van der Waals surface area contributed by atoms with E-state index in [1.165, 1.54) is 12.4 Å². The highest BCUT2D eigenvalue weighted by atomic mass is 35.5. The van der Waals surface area contributed by atoms with Crippen LogP contribution in [0.5, 0.6) is 0 Å². The molecule has 3 nitrogen and oxygen atoms in total. The van der Waals surface area contributed by atoms with Crippen molar-refractivity contribution in [1.29, 1.82) is 0 Å². The van der Waals surface area contributed by atoms with Crippen molar-refractivity contribution in [2.45, 2.75) is 19.8 Å². The largest absolute Gasteiger partial charge is 0.323 e. The first-order chi connectivity index (χ1) is 6.65. The standard InChI is InChI=1S/C9H10Cl2N2O/c1-2-3-8(14)13-9-6(10)4-12-5-7(9)11/h4-5H,2-3H2,1H3,(H,12,13,14). The van der Waals surface area contributed by atoms with Gasteiger partial charge >= 0.3 is 0 Å². The van der Waals surface area contributed by atoms with Crippen molar-refractivity contribution in [1.82, 2.24) is 4.98 Å². The lowest BCUT2D eigenvalue weighted by Gasteiger charge is -2.07. The first-order valence-corrected chi connectivity index (χ1v) is 4.99. The van der Waals surface area contributed by atoms with Crippen LogP contribution in [0.4, 0.5) is 5.69 Å². The molecule has 0 fully saturated rings. The number of hydrogen-bond donors (Lipinski definition) is 1. The van der Waals surface area contributed by atoms with Crippen LogP contribution in [-0.4, -0.2) is 10.9 Å². The van der Waals surface area contributed by atoms with Gasteiger partial charge in [0.25, 0.3) is 0 Å². The number of anilines is 1. The van der Waals surface area contributed by atoms with Gasteiger partial charge in [-0.05, 0) is 6.42 Å². The molecule has 1 rings (SSSR count). The third-order valence-corrected chi connectivity index (χ3v) is 2.17. The molecule has 0 bridgehead atoms. The summed E-state index contributed by atoms with van der Waals surface area (Å²) in [4.78, 5) is 15.1. The molecular formula is C9H10Cl2N2O. The number of carbonyl (C=O) groups is 1. The molecule has 5 heteroatoms. The molecular weight excluding hydrogens is 223 g/mol. The maximum atomic E-state index is 11.3. The highest BCUT2D eigenvalue weighted by Crippen LogP contribution is 2.28. The van der Waals surface area contributed by atoms with E-state index in [1.807, 2.05) is 6.92 Å². The maximum Gasteiger partial charge on any atom is 0.224 e. The monoisotopic (exact) mass is 232 g/mol. The fourth-order valence-corrected chi connectivity index (χ4v) is 1.42. The van der Waals surface area contributed by atoms with Crippen LogP contribution in [-0.2, 0) is 4.79 Å². The van der Waals surface area contributed by atoms with E-state index in [4.69, 9.17) is 23.2 Å². The molecule has 1 heterocycles. The molecule has 0 aliphatic carbocycles. The molecule has 0 aliphatic heterocycles. The van der Waals surface area contributed by atoms with Gasteiger partial charge in [-0.25, -0.2) is 0 Å². The normalized spacial score (nSPS) is 9.93. The lowest BCUT2D eigenvalue weighted by Crippen LogP contribution is -2.11. The van der Waals surface area contributed by atoms with Crippen LogP contribution in [0.2, 0.25) is 10.0 Å². The van der Waals surface area contributed by atoms with Gasteiger partial charge in [0.1, 0.15) is 0 Å². The van der Waals surface area contributed by atoms with E-state index in [-0.39, 0.29) is 5.91 Å². The third-order valence-electron chi connectivity index (χ3n) is 1.59. The summed E-state index contributed by atoms with van der Waals surface area (Å²) in [5, 5.41) is 3.33. The van der Waals surface area contributed by atoms with Gasteiger partial charge in [-0.15, -0.1) is 0 Å². The molecule has 0 aliphatic rings. The Bertz CT molecular complexity index is 321. The van der Waals surface area contributed by atoms with Crippen molar-refractivity contribution < 1.29 is 4.79 Å². The third kappa shape index (κ3) is 2.86. The van der Waals surface area contributed by atoms with Gasteiger partial charge in [-0.2, -0.15) is 0 Å². The maximum absolute atomic E-state index is 11.3. The number of nitrogens with one attached hydrogen (secondary N) is 1. The van der Waals surface area contributed by atoms with Gasteiger partial charge < -0.3 is 5.32 Å². The number of halogens is 2. The summed E-state index contributed by atoms with van der Waals surface area (Å²) in [6, 6.07) is 0. The fourth-order valence-electron chi connectivity index (χ4n) is 0.960. The van der Waals surface area contributed by atoms with E-state index in [0.717, 1.165) is 6.42 Å². The van der Waals surface area contributed by atoms with E-state index in [0.29, 0.717) is 22.2 Å². The lowest BCUT2D eigenvalue weighted by atomic mass is 10.3. The smallest absolute Gasteiger partial charge is 0.224 e. The first kappa shape index (κ1) is 11.3. The summed E-state index contributed by atoms with van der Waals surface area (Å²) in [7, 11) is 0. The minimum atomic E-state index is -0.0949. The van der Waals surface area contributed by atoms with Crippen LogP contribution in [0, 0.1) is 0 Å². The van der Waals surface area contributed by atoms with Crippen LogP contribution in [0.15, 0.2) is 12.4 Å². The van der Waals surface area contributed by atoms with Crippen molar-refractivity contribution >= 4 is 34.8 Å². The van der Waals surface area contributed by atoms with Crippen LogP contribution in [0.1, 0.15) is 19.8 Å². The minimum Gasteiger partial charge on any atom is -0.323 e. The Morgan fingerprint density at radius 2 is 2.00 bits per heavy atom. The van der Waals surface area contributed by atoms with E-state index in [2.05, 4.69) is 10.3 Å². The molecule has 0 atom stereocenters. The first-order valence-electron chi connectivity index (χ1n) is 4.24. The molecule has 0 radical (unpaired) electrons. The molecule has 1 aromatic rings. The van der Waals surface area contributed by atoms with Gasteiger partial charge in [0.15, 0.2) is 0 Å². The zero-order valence-electron chi connectivity index (χ0n) is 7.68. The van der Waals surface area contributed by atoms with Crippen molar-refractivity contribution in [3.63, 3.8) is 0 Å². The topological polar surface area (TPSA) is 42.0 Å². The van der Waals surface area contributed by atoms with Crippen molar-refractivity contribution in [3.05, 3.63) is 22.4 Å². The molecule has 0 aromatic carbocycles. The van der Waals surface area contributed by atoms with Crippen LogP contribution >= 0.6 is 23.2 Å². The Morgan fingerprint density at radius 3 is 2.50 bits per heavy atom. The zero-order chi connectivity index (χ0) is 10.6. The van der Waals surface area contributed by atoms with E-state index in [9.17, 15) is 4.79 Å². The van der Waals surface area contributed by atoms with Crippen molar-refractivity contribution in [2.24, 2.45) is 0 Å². The van der Waals surface area contributed by atoms with Crippen molar-refractivity contribution in [2.75, 3.05) is 5.32 Å². The predicted molar refractivity (Wildman–Crippen MR) is 57.8 cm³/mol. The summed E-state index contributed by atoms with van der Waals surface area (Å²) in [6.07, 6.45) is 4.12. The summed E-state index contributed by atoms with van der Waals surface area (Å²) in [5.74, 6) is -0.0949. The number of pyridine rings is 1. The average molecular weight is 233 g/mol. The number of nitrogens with zero attached hydrogens (tertiary/aromatic N) is 1.